The average Bonchev–Trinajstić information content (AvgIpc) is 2.80. The standard InChI is InChI=1S/C24H34N4O11/c1-2-39-24(38)16-28(15-23(36)37)10-8-26(13-21(32)33)7-9-27(14-22(34)35)12-19(29)25-18-5-3-17(4-6-18)11-20(30)31/h3-6H,2,7-16H2,1H3,(H,25,29)(H,30,31)(H,32,33)(H,34,35)(H,36,37). The summed E-state index contributed by atoms with van der Waals surface area (Å²) in [6, 6.07) is 6.12. The molecule has 0 aliphatic carbocycles. The predicted molar refractivity (Wildman–Crippen MR) is 135 cm³/mol. The van der Waals surface area contributed by atoms with Crippen molar-refractivity contribution in [2.75, 3.05) is 70.8 Å². The molecule has 0 spiro atoms. The Balaban J connectivity index is 2.78. The molecule has 5 N–H and O–H groups in total. The largest absolute Gasteiger partial charge is 0.481 e. The quantitative estimate of drug-likeness (QED) is 0.122. The maximum atomic E-state index is 12.5. The van der Waals surface area contributed by atoms with Crippen molar-refractivity contribution in [3.05, 3.63) is 29.8 Å². The molecule has 1 rings (SSSR count). The first kappa shape index (κ1) is 32.9. The Kier molecular flexibility index (Phi) is 14.7. The van der Waals surface area contributed by atoms with Gasteiger partial charge in [-0.15, -0.1) is 0 Å². The average molecular weight is 555 g/mol. The number of nitrogens with one attached hydrogen (secondary N) is 1. The van der Waals surface area contributed by atoms with Crippen LogP contribution < -0.4 is 5.32 Å². The van der Waals surface area contributed by atoms with Crippen LogP contribution in [0.5, 0.6) is 0 Å². The summed E-state index contributed by atoms with van der Waals surface area (Å²) in [6.45, 7) is -0.188. The van der Waals surface area contributed by atoms with Gasteiger partial charge in [-0.2, -0.15) is 0 Å². The lowest BCUT2D eigenvalue weighted by Gasteiger charge is -2.27. The number of carbonyl (C=O) groups is 6. The normalized spacial score (nSPS) is 11.0. The highest BCUT2D eigenvalue weighted by molar-refractivity contribution is 5.92. The molecule has 15 heteroatoms. The lowest BCUT2D eigenvalue weighted by atomic mass is 10.1. The van der Waals surface area contributed by atoms with E-state index >= 15 is 0 Å². The monoisotopic (exact) mass is 554 g/mol. The number of carboxylic acids is 4. The molecule has 0 saturated heterocycles. The van der Waals surface area contributed by atoms with Crippen LogP contribution in [0.2, 0.25) is 0 Å². The van der Waals surface area contributed by atoms with Gasteiger partial charge in [-0.05, 0) is 24.6 Å². The van der Waals surface area contributed by atoms with E-state index in [2.05, 4.69) is 5.32 Å². The van der Waals surface area contributed by atoms with Crippen molar-refractivity contribution >= 4 is 41.4 Å². The summed E-state index contributed by atoms with van der Waals surface area (Å²) in [5.41, 5.74) is 0.924. The van der Waals surface area contributed by atoms with Crippen LogP contribution in [0.25, 0.3) is 0 Å². The minimum atomic E-state index is -1.20. The minimum absolute atomic E-state index is 0.00135. The highest BCUT2D eigenvalue weighted by Crippen LogP contribution is 2.10. The van der Waals surface area contributed by atoms with Gasteiger partial charge in [0, 0.05) is 31.9 Å². The summed E-state index contributed by atoms with van der Waals surface area (Å²) in [6.07, 6.45) is -0.176. The molecule has 216 valence electrons. The number of carboxylic acid groups (broad SMARTS) is 4. The van der Waals surface area contributed by atoms with Gasteiger partial charge in [-0.25, -0.2) is 0 Å². The minimum Gasteiger partial charge on any atom is -0.481 e. The van der Waals surface area contributed by atoms with Crippen LogP contribution in [0.15, 0.2) is 24.3 Å². The Morgan fingerprint density at radius 1 is 0.667 bits per heavy atom. The SMILES string of the molecule is CCOC(=O)CN(CCN(CCN(CC(=O)O)CC(=O)Nc1ccc(CC(=O)O)cc1)CC(=O)O)CC(=O)O. The van der Waals surface area contributed by atoms with Crippen molar-refractivity contribution < 1.29 is 53.9 Å². The van der Waals surface area contributed by atoms with Crippen LogP contribution in [-0.4, -0.2) is 136 Å². The summed E-state index contributed by atoms with van der Waals surface area (Å²) < 4.78 is 4.84. The predicted octanol–water partition coefficient (Wildman–Crippen LogP) is -1.02. The molecule has 39 heavy (non-hydrogen) atoms. The lowest BCUT2D eigenvalue weighted by molar-refractivity contribution is -0.146. The second kappa shape index (κ2) is 17.4. The number of aliphatic carboxylic acids is 4. The molecule has 1 aromatic rings. The number of hydrogen-bond acceptors (Lipinski definition) is 10. The molecule has 0 unspecified atom stereocenters. The van der Waals surface area contributed by atoms with Crippen molar-refractivity contribution in [1.82, 2.24) is 14.7 Å². The molecule has 0 saturated carbocycles. The molecule has 15 nitrogen and oxygen atoms in total. The number of esters is 1. The van der Waals surface area contributed by atoms with Crippen molar-refractivity contribution in [1.29, 1.82) is 0 Å². The molecule has 0 atom stereocenters. The van der Waals surface area contributed by atoms with E-state index in [1.807, 2.05) is 0 Å². The first-order valence-electron chi connectivity index (χ1n) is 12.0. The summed E-state index contributed by atoms with van der Waals surface area (Å²) in [5, 5.41) is 39.1. The maximum Gasteiger partial charge on any atom is 0.320 e. The lowest BCUT2D eigenvalue weighted by Crippen LogP contribution is -2.46. The maximum absolute atomic E-state index is 12.5. The van der Waals surface area contributed by atoms with E-state index in [-0.39, 0.29) is 52.3 Å². The molecular weight excluding hydrogens is 520 g/mol. The third kappa shape index (κ3) is 15.7. The van der Waals surface area contributed by atoms with Crippen molar-refractivity contribution in [2.24, 2.45) is 0 Å². The van der Waals surface area contributed by atoms with E-state index in [9.17, 15) is 39.0 Å². The number of anilines is 1. The summed E-state index contributed by atoms with van der Waals surface area (Å²) >= 11 is 0. The summed E-state index contributed by atoms with van der Waals surface area (Å²) in [4.78, 5) is 73.0. The smallest absolute Gasteiger partial charge is 0.320 e. The van der Waals surface area contributed by atoms with Gasteiger partial charge < -0.3 is 30.5 Å². The Hall–Kier alpha value is -4.08. The second-order valence-electron chi connectivity index (χ2n) is 8.50. The molecule has 0 fully saturated rings. The van der Waals surface area contributed by atoms with Gasteiger partial charge in [-0.3, -0.25) is 43.5 Å². The van der Waals surface area contributed by atoms with Crippen molar-refractivity contribution in [2.45, 2.75) is 13.3 Å². The zero-order valence-corrected chi connectivity index (χ0v) is 21.6. The Bertz CT molecular complexity index is 1000. The van der Waals surface area contributed by atoms with Gasteiger partial charge in [-0.1, -0.05) is 12.1 Å². The van der Waals surface area contributed by atoms with E-state index in [1.54, 1.807) is 6.92 Å². The number of ether oxygens (including phenoxy) is 1. The molecular formula is C24H34N4O11. The van der Waals surface area contributed by atoms with Crippen molar-refractivity contribution in [3.8, 4) is 0 Å². The number of carbonyl (C=O) groups excluding carboxylic acids is 2. The van der Waals surface area contributed by atoms with E-state index in [4.69, 9.17) is 14.9 Å². The summed E-state index contributed by atoms with van der Waals surface area (Å²) in [5.74, 6) is -5.71. The van der Waals surface area contributed by atoms with Gasteiger partial charge in [0.05, 0.1) is 45.8 Å². The Morgan fingerprint density at radius 3 is 1.59 bits per heavy atom. The summed E-state index contributed by atoms with van der Waals surface area (Å²) in [7, 11) is 0. The molecule has 0 aromatic heterocycles. The van der Waals surface area contributed by atoms with Crippen LogP contribution in [-0.2, 0) is 39.9 Å². The second-order valence-corrected chi connectivity index (χ2v) is 8.50. The number of rotatable bonds is 20. The highest BCUT2D eigenvalue weighted by atomic mass is 16.5. The number of amides is 1. The van der Waals surface area contributed by atoms with E-state index in [0.29, 0.717) is 11.3 Å². The number of nitrogens with zero attached hydrogens (tertiary/aromatic N) is 3. The molecule has 0 radical (unpaired) electrons. The van der Waals surface area contributed by atoms with Crippen LogP contribution in [0.4, 0.5) is 5.69 Å². The van der Waals surface area contributed by atoms with Crippen LogP contribution in [0.3, 0.4) is 0 Å². The molecule has 0 bridgehead atoms. The van der Waals surface area contributed by atoms with E-state index in [0.717, 1.165) is 0 Å². The Morgan fingerprint density at radius 2 is 1.13 bits per heavy atom. The zero-order valence-electron chi connectivity index (χ0n) is 21.6. The fraction of sp³-hybridized carbons (Fsp3) is 0.500. The van der Waals surface area contributed by atoms with Crippen LogP contribution in [0.1, 0.15) is 12.5 Å². The van der Waals surface area contributed by atoms with Gasteiger partial charge in [0.25, 0.3) is 0 Å². The molecule has 0 heterocycles. The molecule has 0 aliphatic rings. The third-order valence-electron chi connectivity index (χ3n) is 5.16. The third-order valence-corrected chi connectivity index (χ3v) is 5.16. The number of hydrogen-bond donors (Lipinski definition) is 5. The van der Waals surface area contributed by atoms with E-state index in [1.165, 1.54) is 39.0 Å². The first-order chi connectivity index (χ1) is 18.4. The van der Waals surface area contributed by atoms with E-state index < -0.39 is 55.4 Å². The number of benzene rings is 1. The molecule has 0 aliphatic heterocycles. The molecule has 1 amide bonds. The van der Waals surface area contributed by atoms with Gasteiger partial charge >= 0.3 is 29.8 Å². The molecule has 1 aromatic carbocycles. The van der Waals surface area contributed by atoms with Crippen molar-refractivity contribution in [3.63, 3.8) is 0 Å². The fourth-order valence-electron chi connectivity index (χ4n) is 3.51. The van der Waals surface area contributed by atoms with Crippen LogP contribution in [0, 0.1) is 0 Å². The fourth-order valence-corrected chi connectivity index (χ4v) is 3.51. The topological polar surface area (TPSA) is 214 Å². The highest BCUT2D eigenvalue weighted by Gasteiger charge is 2.20. The first-order valence-corrected chi connectivity index (χ1v) is 12.0. The van der Waals surface area contributed by atoms with Crippen LogP contribution >= 0.6 is 0 Å². The Labute approximate surface area is 224 Å². The van der Waals surface area contributed by atoms with Gasteiger partial charge in [0.2, 0.25) is 5.91 Å². The van der Waals surface area contributed by atoms with Gasteiger partial charge in [0.15, 0.2) is 0 Å². The van der Waals surface area contributed by atoms with Gasteiger partial charge in [0.1, 0.15) is 0 Å². The zero-order chi connectivity index (χ0) is 29.4.